The highest BCUT2D eigenvalue weighted by atomic mass is 16.3. The van der Waals surface area contributed by atoms with Crippen LogP contribution in [0.15, 0.2) is 46.9 Å². The van der Waals surface area contributed by atoms with Crippen molar-refractivity contribution in [3.8, 4) is 0 Å². The summed E-state index contributed by atoms with van der Waals surface area (Å²) >= 11 is 0. The number of amides is 2. The smallest absolute Gasteiger partial charge is 0.246 e. The number of anilines is 1. The second-order valence-electron chi connectivity index (χ2n) is 6.87. The molecule has 0 unspecified atom stereocenters. The minimum atomic E-state index is -0.310. The van der Waals surface area contributed by atoms with Gasteiger partial charge in [0.25, 0.3) is 0 Å². The van der Waals surface area contributed by atoms with Crippen LogP contribution >= 0.6 is 0 Å². The molecule has 0 radical (unpaired) electrons. The number of hydrogen-bond donors (Lipinski definition) is 1. The minimum Gasteiger partial charge on any atom is -0.437 e. The fourth-order valence-corrected chi connectivity index (χ4v) is 3.08. The Kier molecular flexibility index (Phi) is 5.59. The van der Waals surface area contributed by atoms with E-state index in [1.54, 1.807) is 7.05 Å². The molecule has 0 atom stereocenters. The van der Waals surface area contributed by atoms with Gasteiger partial charge in [0.2, 0.25) is 17.7 Å². The van der Waals surface area contributed by atoms with Gasteiger partial charge in [-0.1, -0.05) is 29.8 Å². The number of nitrogens with zero attached hydrogens (tertiary/aromatic N) is 2. The Hall–Kier alpha value is -3.41. The van der Waals surface area contributed by atoms with Gasteiger partial charge in [-0.15, -0.1) is 0 Å². The molecule has 0 aliphatic rings. The molecule has 6 nitrogen and oxygen atoms in total. The summed E-state index contributed by atoms with van der Waals surface area (Å²) in [6.07, 6.45) is 2.85. The van der Waals surface area contributed by atoms with E-state index in [1.165, 1.54) is 17.1 Å². The lowest BCUT2D eigenvalue weighted by molar-refractivity contribution is -0.129. The van der Waals surface area contributed by atoms with Gasteiger partial charge in [-0.2, -0.15) is 0 Å². The van der Waals surface area contributed by atoms with Crippen LogP contribution in [0.2, 0.25) is 0 Å². The van der Waals surface area contributed by atoms with E-state index < -0.39 is 0 Å². The Morgan fingerprint density at radius 1 is 1.14 bits per heavy atom. The largest absolute Gasteiger partial charge is 0.437 e. The molecule has 1 N–H and O–H groups in total. The van der Waals surface area contributed by atoms with Gasteiger partial charge in [-0.3, -0.25) is 9.59 Å². The third-order valence-electron chi connectivity index (χ3n) is 4.38. The molecule has 2 amide bonds. The fraction of sp³-hybridized carbons (Fsp3) is 0.227. The van der Waals surface area contributed by atoms with Crippen molar-refractivity contribution in [1.82, 2.24) is 9.88 Å². The Balaban J connectivity index is 1.61. The highest BCUT2D eigenvalue weighted by Crippen LogP contribution is 2.21. The maximum atomic E-state index is 12.3. The summed E-state index contributed by atoms with van der Waals surface area (Å²) < 4.78 is 5.55. The van der Waals surface area contributed by atoms with Crippen LogP contribution in [0.4, 0.5) is 5.69 Å². The summed E-state index contributed by atoms with van der Waals surface area (Å²) in [5, 5.41) is 2.90. The molecule has 3 aromatic rings. The predicted octanol–water partition coefficient (Wildman–Crippen LogP) is 3.86. The molecule has 0 saturated carbocycles. The number of rotatable bonds is 5. The molecular weight excluding hydrogens is 354 g/mol. The molecule has 0 bridgehead atoms. The summed E-state index contributed by atoms with van der Waals surface area (Å²) in [5.74, 6) is -0.214. The number of para-hydroxylation sites is 2. The topological polar surface area (TPSA) is 75.4 Å². The van der Waals surface area contributed by atoms with E-state index in [2.05, 4.69) is 10.3 Å². The number of benzene rings is 2. The van der Waals surface area contributed by atoms with Crippen molar-refractivity contribution in [2.75, 3.05) is 18.9 Å². The van der Waals surface area contributed by atoms with Crippen LogP contribution in [-0.4, -0.2) is 35.3 Å². The van der Waals surface area contributed by atoms with Crippen LogP contribution in [-0.2, 0) is 9.59 Å². The molecule has 0 aliphatic carbocycles. The summed E-state index contributed by atoms with van der Waals surface area (Å²) in [7, 11) is 1.58. The minimum absolute atomic E-state index is 0.0521. The molecule has 2 aromatic carbocycles. The van der Waals surface area contributed by atoms with Crippen LogP contribution in [0.25, 0.3) is 17.2 Å². The monoisotopic (exact) mass is 377 g/mol. The number of carbonyl (C=O) groups excluding carboxylic acids is 2. The number of hydrogen-bond acceptors (Lipinski definition) is 4. The highest BCUT2D eigenvalue weighted by molar-refractivity contribution is 5.98. The maximum absolute atomic E-state index is 12.3. The van der Waals surface area contributed by atoms with Crippen molar-refractivity contribution in [3.05, 3.63) is 65.1 Å². The van der Waals surface area contributed by atoms with Gasteiger partial charge >= 0.3 is 0 Å². The first-order chi connectivity index (χ1) is 13.3. The lowest BCUT2D eigenvalue weighted by Crippen LogP contribution is -2.34. The number of aryl methyl sites for hydroxylation is 3. The second kappa shape index (κ2) is 8.08. The molecular formula is C22H23N3O3. The Labute approximate surface area is 163 Å². The molecule has 144 valence electrons. The summed E-state index contributed by atoms with van der Waals surface area (Å²) in [6.45, 7) is 5.87. The molecule has 6 heteroatoms. The average molecular weight is 377 g/mol. The first kappa shape index (κ1) is 19.4. The lowest BCUT2D eigenvalue weighted by atomic mass is 10.1. The van der Waals surface area contributed by atoms with Gasteiger partial charge in [-0.25, -0.2) is 4.98 Å². The van der Waals surface area contributed by atoms with E-state index >= 15 is 0 Å². The van der Waals surface area contributed by atoms with E-state index in [1.807, 2.05) is 57.2 Å². The van der Waals surface area contributed by atoms with Crippen molar-refractivity contribution in [2.24, 2.45) is 0 Å². The van der Waals surface area contributed by atoms with Gasteiger partial charge in [0.15, 0.2) is 5.58 Å². The van der Waals surface area contributed by atoms with E-state index in [4.69, 9.17) is 4.42 Å². The van der Waals surface area contributed by atoms with Crippen molar-refractivity contribution in [2.45, 2.75) is 20.8 Å². The number of nitrogens with one attached hydrogen (secondary N) is 1. The zero-order valence-corrected chi connectivity index (χ0v) is 16.4. The predicted molar refractivity (Wildman–Crippen MR) is 110 cm³/mol. The van der Waals surface area contributed by atoms with Gasteiger partial charge in [0, 0.05) is 24.9 Å². The van der Waals surface area contributed by atoms with Gasteiger partial charge in [0.1, 0.15) is 5.52 Å². The van der Waals surface area contributed by atoms with Gasteiger partial charge < -0.3 is 14.6 Å². The van der Waals surface area contributed by atoms with Gasteiger partial charge in [-0.05, 0) is 44.0 Å². The molecule has 0 saturated heterocycles. The third-order valence-corrected chi connectivity index (χ3v) is 4.38. The summed E-state index contributed by atoms with van der Waals surface area (Å²) in [6, 6.07) is 11.4. The van der Waals surface area contributed by atoms with Crippen LogP contribution in [0.3, 0.4) is 0 Å². The van der Waals surface area contributed by atoms with E-state index in [0.717, 1.165) is 27.9 Å². The normalized spacial score (nSPS) is 11.1. The fourth-order valence-electron chi connectivity index (χ4n) is 3.08. The van der Waals surface area contributed by atoms with Crippen LogP contribution in [0.1, 0.15) is 22.6 Å². The van der Waals surface area contributed by atoms with Crippen molar-refractivity contribution in [3.63, 3.8) is 0 Å². The van der Waals surface area contributed by atoms with Crippen molar-refractivity contribution >= 4 is 34.7 Å². The molecule has 0 fully saturated rings. The molecule has 3 rings (SSSR count). The SMILES string of the molecule is Cc1cc(C)c(NC(=O)CN(C)C(=O)/C=C/c2nc3ccccc3o2)c(C)c1. The molecule has 1 heterocycles. The maximum Gasteiger partial charge on any atom is 0.246 e. The number of likely N-dealkylation sites (N-methyl/N-ethyl adjacent to an activating group) is 1. The molecule has 28 heavy (non-hydrogen) atoms. The lowest BCUT2D eigenvalue weighted by Gasteiger charge is -2.17. The third kappa shape index (κ3) is 4.46. The standard InChI is InChI=1S/C22H23N3O3/c1-14-11-15(2)22(16(3)12-14)24-19(26)13-25(4)21(27)10-9-20-23-17-7-5-6-8-18(17)28-20/h5-12H,13H2,1-4H3,(H,24,26)/b10-9+. The van der Waals surface area contributed by atoms with Crippen molar-refractivity contribution < 1.29 is 14.0 Å². The highest BCUT2D eigenvalue weighted by Gasteiger charge is 2.13. The number of carbonyl (C=O) groups is 2. The first-order valence-corrected chi connectivity index (χ1v) is 9.00. The Morgan fingerprint density at radius 2 is 1.82 bits per heavy atom. The quantitative estimate of drug-likeness (QED) is 0.685. The molecule has 0 aliphatic heterocycles. The summed E-state index contributed by atoms with van der Waals surface area (Å²) in [4.78, 5) is 30.3. The Morgan fingerprint density at radius 3 is 2.50 bits per heavy atom. The molecule has 1 aromatic heterocycles. The number of aromatic nitrogens is 1. The van der Waals surface area contributed by atoms with Crippen LogP contribution < -0.4 is 5.32 Å². The average Bonchev–Trinajstić information content (AvgIpc) is 3.05. The zero-order valence-electron chi connectivity index (χ0n) is 16.4. The van der Waals surface area contributed by atoms with Crippen molar-refractivity contribution in [1.29, 1.82) is 0 Å². The second-order valence-corrected chi connectivity index (χ2v) is 6.87. The van der Waals surface area contributed by atoms with Crippen LogP contribution in [0.5, 0.6) is 0 Å². The number of oxazole rings is 1. The van der Waals surface area contributed by atoms with Crippen LogP contribution in [0, 0.1) is 20.8 Å². The first-order valence-electron chi connectivity index (χ1n) is 9.00. The van der Waals surface area contributed by atoms with E-state index in [9.17, 15) is 9.59 Å². The van der Waals surface area contributed by atoms with E-state index in [0.29, 0.717) is 11.5 Å². The molecule has 0 spiro atoms. The van der Waals surface area contributed by atoms with Gasteiger partial charge in [0.05, 0.1) is 6.54 Å². The summed E-state index contributed by atoms with van der Waals surface area (Å²) in [5.41, 5.74) is 5.31. The zero-order chi connectivity index (χ0) is 20.3. The van der Waals surface area contributed by atoms with E-state index in [-0.39, 0.29) is 18.4 Å². The Bertz CT molecular complexity index is 1010. The number of fused-ring (bicyclic) bond motifs is 1.